The lowest BCUT2D eigenvalue weighted by atomic mass is 10.0. The fraction of sp³-hybridized carbons (Fsp3) is 0.364. The number of hydroxylamine groups is 2. The van der Waals surface area contributed by atoms with Gasteiger partial charge in [0.15, 0.2) is 11.6 Å². The van der Waals surface area contributed by atoms with E-state index in [1.807, 2.05) is 29.3 Å². The second-order valence-electron chi connectivity index (χ2n) is 7.11. The van der Waals surface area contributed by atoms with E-state index in [-0.39, 0.29) is 0 Å². The highest BCUT2D eigenvalue weighted by molar-refractivity contribution is 9.10. The lowest BCUT2D eigenvalue weighted by molar-refractivity contribution is -0.171. The minimum absolute atomic E-state index is 0.359. The molecule has 0 N–H and O–H groups in total. The number of nitrogens with zero attached hydrogens (tertiary/aromatic N) is 6. The molecule has 8 heteroatoms. The van der Waals surface area contributed by atoms with Gasteiger partial charge in [0.25, 0.3) is 0 Å². The van der Waals surface area contributed by atoms with Crippen LogP contribution in [0.15, 0.2) is 52.1 Å². The molecule has 0 atom stereocenters. The van der Waals surface area contributed by atoms with Crippen LogP contribution < -0.4 is 0 Å². The molecular weight excluding hydrogens is 444 g/mol. The van der Waals surface area contributed by atoms with Crippen LogP contribution in [-0.2, 0) is 18.0 Å². The first-order valence-corrected chi connectivity index (χ1v) is 11.1. The maximum absolute atomic E-state index is 6.08. The Bertz CT molecular complexity index is 1030. The van der Waals surface area contributed by atoms with Gasteiger partial charge in [0.1, 0.15) is 13.2 Å². The Labute approximate surface area is 184 Å². The fourth-order valence-corrected chi connectivity index (χ4v) is 3.91. The molecule has 0 saturated heterocycles. The van der Waals surface area contributed by atoms with Crippen molar-refractivity contribution in [3.05, 3.63) is 70.0 Å². The SMILES string of the molecule is CCCN(CCC)OCc1nnc2n1-c1cc(Br)ccc1C(c1ccccn1)=NC2. The van der Waals surface area contributed by atoms with E-state index in [4.69, 9.17) is 9.83 Å². The molecular formula is C22H25BrN6O. The third kappa shape index (κ3) is 4.35. The van der Waals surface area contributed by atoms with Gasteiger partial charge in [0.2, 0.25) is 0 Å². The van der Waals surface area contributed by atoms with Crippen LogP contribution >= 0.6 is 15.9 Å². The van der Waals surface area contributed by atoms with E-state index >= 15 is 0 Å². The van der Waals surface area contributed by atoms with Crippen molar-refractivity contribution in [3.63, 3.8) is 0 Å². The van der Waals surface area contributed by atoms with Crippen LogP contribution in [0, 0.1) is 0 Å². The molecule has 0 fully saturated rings. The Morgan fingerprint density at radius 2 is 1.93 bits per heavy atom. The van der Waals surface area contributed by atoms with E-state index in [2.05, 4.69) is 61.7 Å². The molecule has 1 aliphatic rings. The van der Waals surface area contributed by atoms with Gasteiger partial charge in [-0.15, -0.1) is 10.2 Å². The molecule has 0 bridgehead atoms. The number of benzene rings is 1. The average Bonchev–Trinajstić information content (AvgIpc) is 3.09. The van der Waals surface area contributed by atoms with Gasteiger partial charge >= 0.3 is 0 Å². The van der Waals surface area contributed by atoms with Crippen LogP contribution in [0.4, 0.5) is 0 Å². The van der Waals surface area contributed by atoms with Crippen molar-refractivity contribution >= 4 is 21.6 Å². The molecule has 0 unspecified atom stereocenters. The maximum Gasteiger partial charge on any atom is 0.165 e. The number of fused-ring (bicyclic) bond motifs is 3. The summed E-state index contributed by atoms with van der Waals surface area (Å²) in [5, 5.41) is 10.8. The molecule has 7 nitrogen and oxygen atoms in total. The van der Waals surface area contributed by atoms with Crippen LogP contribution in [0.3, 0.4) is 0 Å². The third-order valence-electron chi connectivity index (χ3n) is 4.86. The highest BCUT2D eigenvalue weighted by Crippen LogP contribution is 2.28. The highest BCUT2D eigenvalue weighted by Gasteiger charge is 2.24. The minimum atomic E-state index is 0.359. The van der Waals surface area contributed by atoms with Gasteiger partial charge in [-0.2, -0.15) is 5.06 Å². The first kappa shape index (κ1) is 20.8. The molecule has 4 rings (SSSR count). The third-order valence-corrected chi connectivity index (χ3v) is 5.35. The van der Waals surface area contributed by atoms with E-state index in [0.717, 1.165) is 64.7 Å². The predicted molar refractivity (Wildman–Crippen MR) is 120 cm³/mol. The molecule has 3 aromatic rings. The summed E-state index contributed by atoms with van der Waals surface area (Å²) in [6, 6.07) is 12.0. The number of hydrogen-bond donors (Lipinski definition) is 0. The van der Waals surface area contributed by atoms with Crippen molar-refractivity contribution in [1.29, 1.82) is 0 Å². The van der Waals surface area contributed by atoms with Crippen LogP contribution in [-0.4, -0.2) is 43.6 Å². The Balaban J connectivity index is 1.72. The molecule has 0 amide bonds. The highest BCUT2D eigenvalue weighted by atomic mass is 79.9. The van der Waals surface area contributed by atoms with Crippen molar-refractivity contribution in [2.24, 2.45) is 4.99 Å². The zero-order valence-corrected chi connectivity index (χ0v) is 18.8. The van der Waals surface area contributed by atoms with Gasteiger partial charge in [-0.05, 0) is 43.2 Å². The van der Waals surface area contributed by atoms with Gasteiger partial charge in [0.05, 0.1) is 17.1 Å². The Morgan fingerprint density at radius 3 is 2.67 bits per heavy atom. The molecule has 1 aromatic carbocycles. The second kappa shape index (κ2) is 9.59. The van der Waals surface area contributed by atoms with Gasteiger partial charge in [-0.25, -0.2) is 0 Å². The van der Waals surface area contributed by atoms with Crippen LogP contribution in [0.2, 0.25) is 0 Å². The lowest BCUT2D eigenvalue weighted by Crippen LogP contribution is -2.26. The first-order chi connectivity index (χ1) is 14.7. The zero-order valence-electron chi connectivity index (χ0n) is 17.3. The number of halogens is 1. The van der Waals surface area contributed by atoms with E-state index in [9.17, 15) is 0 Å². The quantitative estimate of drug-likeness (QED) is 0.460. The molecule has 0 aliphatic carbocycles. The standard InChI is InChI=1S/C22H25BrN6O/c1-3-11-28(12-4-2)30-15-21-27-26-20-14-25-22(18-7-5-6-10-24-18)17-9-8-16(23)13-19(17)29(20)21/h5-10,13H,3-4,11-12,14-15H2,1-2H3. The van der Waals surface area contributed by atoms with Crippen molar-refractivity contribution < 1.29 is 4.84 Å². The fourth-order valence-electron chi connectivity index (χ4n) is 3.56. The lowest BCUT2D eigenvalue weighted by Gasteiger charge is -2.20. The number of rotatable bonds is 8. The second-order valence-corrected chi connectivity index (χ2v) is 8.03. The molecule has 3 heterocycles. The molecule has 0 radical (unpaired) electrons. The van der Waals surface area contributed by atoms with Gasteiger partial charge < -0.3 is 0 Å². The summed E-state index contributed by atoms with van der Waals surface area (Å²) < 4.78 is 3.05. The number of hydrogen-bond acceptors (Lipinski definition) is 6. The van der Waals surface area contributed by atoms with E-state index < -0.39 is 0 Å². The summed E-state index contributed by atoms with van der Waals surface area (Å²) in [5.74, 6) is 1.55. The topological polar surface area (TPSA) is 68.4 Å². The van der Waals surface area contributed by atoms with Crippen molar-refractivity contribution in [3.8, 4) is 5.69 Å². The zero-order chi connectivity index (χ0) is 20.9. The van der Waals surface area contributed by atoms with E-state index in [0.29, 0.717) is 13.2 Å². The van der Waals surface area contributed by atoms with Crippen molar-refractivity contribution in [2.75, 3.05) is 13.1 Å². The molecule has 2 aromatic heterocycles. The Kier molecular flexibility index (Phi) is 6.66. The summed E-state index contributed by atoms with van der Waals surface area (Å²) in [4.78, 5) is 15.4. The number of aliphatic imine (C=N–C) groups is 1. The van der Waals surface area contributed by atoms with E-state index in [1.165, 1.54) is 0 Å². The summed E-state index contributed by atoms with van der Waals surface area (Å²) in [7, 11) is 0. The largest absolute Gasteiger partial charge is 0.291 e. The maximum atomic E-state index is 6.08. The predicted octanol–water partition coefficient (Wildman–Crippen LogP) is 4.33. The number of pyridine rings is 1. The molecule has 0 saturated carbocycles. The van der Waals surface area contributed by atoms with Crippen LogP contribution in [0.5, 0.6) is 0 Å². The minimum Gasteiger partial charge on any atom is -0.291 e. The normalized spacial score (nSPS) is 13.0. The summed E-state index contributed by atoms with van der Waals surface area (Å²) >= 11 is 3.61. The number of aromatic nitrogens is 4. The molecule has 156 valence electrons. The molecule has 1 aliphatic heterocycles. The van der Waals surface area contributed by atoms with Crippen LogP contribution in [0.25, 0.3) is 5.69 Å². The average molecular weight is 469 g/mol. The Morgan fingerprint density at radius 1 is 1.10 bits per heavy atom. The van der Waals surface area contributed by atoms with Gasteiger partial charge in [-0.3, -0.25) is 19.4 Å². The van der Waals surface area contributed by atoms with Crippen molar-refractivity contribution in [2.45, 2.75) is 39.8 Å². The van der Waals surface area contributed by atoms with Gasteiger partial charge in [0, 0.05) is 29.3 Å². The summed E-state index contributed by atoms with van der Waals surface area (Å²) in [5.41, 5.74) is 3.67. The first-order valence-electron chi connectivity index (χ1n) is 10.3. The summed E-state index contributed by atoms with van der Waals surface area (Å²) in [6.45, 7) is 6.88. The molecule has 0 spiro atoms. The van der Waals surface area contributed by atoms with Gasteiger partial charge in [-0.1, -0.05) is 35.8 Å². The summed E-state index contributed by atoms with van der Waals surface area (Å²) in [6.07, 6.45) is 3.86. The monoisotopic (exact) mass is 468 g/mol. The Hall–Kier alpha value is -2.42. The molecule has 30 heavy (non-hydrogen) atoms. The van der Waals surface area contributed by atoms with Crippen LogP contribution in [0.1, 0.15) is 49.6 Å². The smallest absolute Gasteiger partial charge is 0.165 e. The van der Waals surface area contributed by atoms with E-state index in [1.54, 1.807) is 6.20 Å². The van der Waals surface area contributed by atoms with Crippen molar-refractivity contribution in [1.82, 2.24) is 24.8 Å².